The summed E-state index contributed by atoms with van der Waals surface area (Å²) in [5.41, 5.74) is 0.0792. The normalized spacial score (nSPS) is 27.4. The number of nitrogens with one attached hydrogen (secondary N) is 2. The first-order chi connectivity index (χ1) is 8.43. The molecule has 0 aromatic carbocycles. The topological polar surface area (TPSA) is 59.6 Å². The summed E-state index contributed by atoms with van der Waals surface area (Å²) in [6.45, 7) is 7.31. The van der Waals surface area contributed by atoms with Gasteiger partial charge in [-0.1, -0.05) is 13.8 Å². The van der Waals surface area contributed by atoms with Crippen LogP contribution < -0.4 is 10.6 Å². The maximum absolute atomic E-state index is 11.8. The Kier molecular flexibility index (Phi) is 5.56. The number of ether oxygens (including phenoxy) is 2. The van der Waals surface area contributed by atoms with Crippen molar-refractivity contribution in [3.63, 3.8) is 0 Å². The summed E-state index contributed by atoms with van der Waals surface area (Å²) in [6, 6.07) is 0.134. The average Bonchev–Trinajstić information content (AvgIpc) is 2.33. The standard InChI is InChI=1S/C13H26N2O3/c1-9(12(16)14-6-7-17-4)15-10-8-11(18-5)13(10,2)3/h9-11,15H,6-8H2,1-5H3,(H,14,16). The number of amides is 1. The third kappa shape index (κ3) is 3.43. The van der Waals surface area contributed by atoms with Crippen molar-refractivity contribution >= 4 is 5.91 Å². The molecule has 0 aromatic heterocycles. The maximum atomic E-state index is 11.8. The highest BCUT2D eigenvalue weighted by Gasteiger charge is 2.49. The molecule has 2 N–H and O–H groups in total. The fourth-order valence-corrected chi connectivity index (χ4v) is 2.38. The van der Waals surface area contributed by atoms with Crippen LogP contribution in [0.3, 0.4) is 0 Å². The molecule has 1 aliphatic rings. The van der Waals surface area contributed by atoms with Gasteiger partial charge in [0.15, 0.2) is 0 Å². The second-order valence-corrected chi connectivity index (χ2v) is 5.51. The maximum Gasteiger partial charge on any atom is 0.236 e. The van der Waals surface area contributed by atoms with Crippen LogP contribution in [0.1, 0.15) is 27.2 Å². The molecule has 3 unspecified atom stereocenters. The summed E-state index contributed by atoms with van der Waals surface area (Å²) in [7, 11) is 3.36. The predicted octanol–water partition coefficient (Wildman–Crippen LogP) is 0.541. The summed E-state index contributed by atoms with van der Waals surface area (Å²) >= 11 is 0. The van der Waals surface area contributed by atoms with E-state index in [1.165, 1.54) is 0 Å². The van der Waals surface area contributed by atoms with E-state index in [4.69, 9.17) is 9.47 Å². The lowest BCUT2D eigenvalue weighted by molar-refractivity contribution is -0.127. The van der Waals surface area contributed by atoms with Crippen LogP contribution in [0, 0.1) is 5.41 Å². The molecule has 0 spiro atoms. The van der Waals surface area contributed by atoms with Gasteiger partial charge < -0.3 is 20.1 Å². The molecular formula is C13H26N2O3. The molecule has 5 nitrogen and oxygen atoms in total. The lowest BCUT2D eigenvalue weighted by Gasteiger charge is -2.52. The zero-order chi connectivity index (χ0) is 13.8. The average molecular weight is 258 g/mol. The molecule has 1 amide bonds. The first-order valence-electron chi connectivity index (χ1n) is 6.49. The summed E-state index contributed by atoms with van der Waals surface area (Å²) in [6.07, 6.45) is 1.23. The highest BCUT2D eigenvalue weighted by atomic mass is 16.5. The molecule has 3 atom stereocenters. The number of hydrogen-bond acceptors (Lipinski definition) is 4. The van der Waals surface area contributed by atoms with Gasteiger partial charge in [0.25, 0.3) is 0 Å². The van der Waals surface area contributed by atoms with Gasteiger partial charge in [-0.15, -0.1) is 0 Å². The minimum Gasteiger partial charge on any atom is -0.383 e. The number of carbonyl (C=O) groups is 1. The van der Waals surface area contributed by atoms with Crippen molar-refractivity contribution in [1.29, 1.82) is 0 Å². The molecule has 0 aromatic rings. The zero-order valence-corrected chi connectivity index (χ0v) is 12.1. The third-order valence-electron chi connectivity index (χ3n) is 3.91. The van der Waals surface area contributed by atoms with Gasteiger partial charge in [0, 0.05) is 32.2 Å². The lowest BCUT2D eigenvalue weighted by atomic mass is 9.64. The molecule has 0 bridgehead atoms. The fraction of sp³-hybridized carbons (Fsp3) is 0.923. The van der Waals surface area contributed by atoms with Gasteiger partial charge >= 0.3 is 0 Å². The van der Waals surface area contributed by atoms with Crippen LogP contribution in [0.15, 0.2) is 0 Å². The molecule has 5 heteroatoms. The van der Waals surface area contributed by atoms with Crippen molar-refractivity contribution in [3.8, 4) is 0 Å². The summed E-state index contributed by atoms with van der Waals surface area (Å²) < 4.78 is 10.3. The molecule has 1 aliphatic carbocycles. The molecule has 0 heterocycles. The molecule has 1 fully saturated rings. The predicted molar refractivity (Wildman–Crippen MR) is 70.5 cm³/mol. The van der Waals surface area contributed by atoms with E-state index in [-0.39, 0.29) is 23.5 Å². The Labute approximate surface area is 110 Å². The second-order valence-electron chi connectivity index (χ2n) is 5.51. The van der Waals surface area contributed by atoms with Crippen molar-refractivity contribution < 1.29 is 14.3 Å². The SMILES string of the molecule is COCCNC(=O)C(C)NC1CC(OC)C1(C)C. The molecular weight excluding hydrogens is 232 g/mol. The second kappa shape index (κ2) is 6.50. The van der Waals surface area contributed by atoms with Gasteiger partial charge in [0.05, 0.1) is 18.8 Å². The zero-order valence-electron chi connectivity index (χ0n) is 12.1. The summed E-state index contributed by atoms with van der Waals surface area (Å²) in [5.74, 6) is 0.0173. The lowest BCUT2D eigenvalue weighted by Crippen LogP contribution is -2.63. The molecule has 1 saturated carbocycles. The quantitative estimate of drug-likeness (QED) is 0.654. The van der Waals surface area contributed by atoms with Crippen molar-refractivity contribution in [2.45, 2.75) is 45.4 Å². The van der Waals surface area contributed by atoms with Gasteiger partial charge in [0.1, 0.15) is 0 Å². The molecule has 18 heavy (non-hydrogen) atoms. The Hall–Kier alpha value is -0.650. The third-order valence-corrected chi connectivity index (χ3v) is 3.91. The van der Waals surface area contributed by atoms with Crippen LogP contribution in [0.2, 0.25) is 0 Å². The van der Waals surface area contributed by atoms with Gasteiger partial charge in [-0.3, -0.25) is 4.79 Å². The number of carbonyl (C=O) groups excluding carboxylic acids is 1. The molecule has 1 rings (SSSR count). The number of methoxy groups -OCH3 is 2. The molecule has 0 aliphatic heterocycles. The van der Waals surface area contributed by atoms with Crippen LogP contribution in [-0.4, -0.2) is 51.5 Å². The van der Waals surface area contributed by atoms with Crippen molar-refractivity contribution in [3.05, 3.63) is 0 Å². The van der Waals surface area contributed by atoms with Crippen LogP contribution >= 0.6 is 0 Å². The van der Waals surface area contributed by atoms with Crippen LogP contribution in [0.5, 0.6) is 0 Å². The van der Waals surface area contributed by atoms with E-state index in [1.807, 2.05) is 6.92 Å². The molecule has 0 radical (unpaired) electrons. The fourth-order valence-electron chi connectivity index (χ4n) is 2.38. The number of rotatable bonds is 7. The van der Waals surface area contributed by atoms with Gasteiger partial charge in [-0.05, 0) is 13.3 Å². The van der Waals surface area contributed by atoms with E-state index in [0.29, 0.717) is 19.2 Å². The van der Waals surface area contributed by atoms with Crippen LogP contribution in [0.4, 0.5) is 0 Å². The van der Waals surface area contributed by atoms with Gasteiger partial charge in [0.2, 0.25) is 5.91 Å². The first kappa shape index (κ1) is 15.4. The minimum atomic E-state index is -0.191. The van der Waals surface area contributed by atoms with Gasteiger partial charge in [-0.25, -0.2) is 0 Å². The highest BCUT2D eigenvalue weighted by molar-refractivity contribution is 5.81. The Morgan fingerprint density at radius 1 is 1.44 bits per heavy atom. The number of hydrogen-bond donors (Lipinski definition) is 2. The van der Waals surface area contributed by atoms with Crippen molar-refractivity contribution in [1.82, 2.24) is 10.6 Å². The Morgan fingerprint density at radius 3 is 2.61 bits per heavy atom. The Morgan fingerprint density at radius 2 is 2.11 bits per heavy atom. The summed E-state index contributed by atoms with van der Waals surface area (Å²) in [5, 5.41) is 6.20. The Balaban J connectivity index is 2.32. The minimum absolute atomic E-state index is 0.0173. The van der Waals surface area contributed by atoms with E-state index < -0.39 is 0 Å². The van der Waals surface area contributed by atoms with Crippen LogP contribution in [0.25, 0.3) is 0 Å². The Bertz CT molecular complexity index is 281. The molecule has 0 saturated heterocycles. The smallest absolute Gasteiger partial charge is 0.236 e. The van der Waals surface area contributed by atoms with E-state index >= 15 is 0 Å². The highest BCUT2D eigenvalue weighted by Crippen LogP contribution is 2.42. The van der Waals surface area contributed by atoms with Crippen molar-refractivity contribution in [2.24, 2.45) is 5.41 Å². The van der Waals surface area contributed by atoms with E-state index in [1.54, 1.807) is 14.2 Å². The first-order valence-corrected chi connectivity index (χ1v) is 6.49. The monoisotopic (exact) mass is 258 g/mol. The summed E-state index contributed by atoms with van der Waals surface area (Å²) in [4.78, 5) is 11.8. The largest absolute Gasteiger partial charge is 0.383 e. The van der Waals surface area contributed by atoms with Gasteiger partial charge in [-0.2, -0.15) is 0 Å². The van der Waals surface area contributed by atoms with E-state index in [2.05, 4.69) is 24.5 Å². The van der Waals surface area contributed by atoms with Crippen molar-refractivity contribution in [2.75, 3.05) is 27.4 Å². The van der Waals surface area contributed by atoms with E-state index in [0.717, 1.165) is 6.42 Å². The molecule has 106 valence electrons. The van der Waals surface area contributed by atoms with E-state index in [9.17, 15) is 4.79 Å². The van der Waals surface area contributed by atoms with Crippen LogP contribution in [-0.2, 0) is 14.3 Å².